The monoisotopic (exact) mass is 396 g/mol. The van der Waals surface area contributed by atoms with Crippen molar-refractivity contribution in [2.45, 2.75) is 25.0 Å². The van der Waals surface area contributed by atoms with Gasteiger partial charge in [0.05, 0.1) is 18.8 Å². The number of hydrogen-bond donors (Lipinski definition) is 1. The number of fused-ring (bicyclic) bond motifs is 1. The van der Waals surface area contributed by atoms with Crippen LogP contribution in [0.1, 0.15) is 23.6 Å². The lowest BCUT2D eigenvalue weighted by atomic mass is 10.0. The predicted molar refractivity (Wildman–Crippen MR) is 110 cm³/mol. The Morgan fingerprint density at radius 2 is 2.14 bits per heavy atom. The van der Waals surface area contributed by atoms with E-state index < -0.39 is 0 Å². The number of carbonyl (C=O) groups is 1. The summed E-state index contributed by atoms with van der Waals surface area (Å²) >= 11 is 0. The maximum absolute atomic E-state index is 12.9. The summed E-state index contributed by atoms with van der Waals surface area (Å²) in [5.41, 5.74) is 2.26. The minimum atomic E-state index is -0.280. The van der Waals surface area contributed by atoms with Crippen LogP contribution >= 0.6 is 0 Å². The fourth-order valence-electron chi connectivity index (χ4n) is 4.01. The van der Waals surface area contributed by atoms with Gasteiger partial charge in [-0.1, -0.05) is 36.4 Å². The van der Waals surface area contributed by atoms with Crippen LogP contribution in [0.5, 0.6) is 11.5 Å². The van der Waals surface area contributed by atoms with Crippen LogP contribution in [-0.2, 0) is 11.2 Å². The van der Waals surface area contributed by atoms with Crippen molar-refractivity contribution in [2.24, 2.45) is 0 Å². The van der Waals surface area contributed by atoms with E-state index in [-0.39, 0.29) is 24.7 Å². The highest BCUT2D eigenvalue weighted by Crippen LogP contribution is 2.29. The average Bonchev–Trinajstić information content (AvgIpc) is 3.38. The van der Waals surface area contributed by atoms with Gasteiger partial charge < -0.3 is 19.5 Å². The summed E-state index contributed by atoms with van der Waals surface area (Å²) in [5.74, 6) is 1.41. The molecule has 0 aromatic heterocycles. The number of likely N-dealkylation sites (N-methyl/N-ethyl adjacent to an activating group) is 1. The molecule has 1 saturated heterocycles. The Kier molecular flexibility index (Phi) is 6.02. The molecule has 0 radical (unpaired) electrons. The second-order valence-corrected chi connectivity index (χ2v) is 7.79. The van der Waals surface area contributed by atoms with Crippen molar-refractivity contribution >= 4 is 5.91 Å². The molecule has 0 bridgehead atoms. The Bertz CT molecular complexity index is 842. The molecule has 4 rings (SSSR count). The van der Waals surface area contributed by atoms with Crippen LogP contribution < -0.4 is 9.47 Å². The Morgan fingerprint density at radius 3 is 2.90 bits per heavy atom. The number of rotatable bonds is 7. The van der Waals surface area contributed by atoms with Crippen molar-refractivity contribution in [3.8, 4) is 11.5 Å². The van der Waals surface area contributed by atoms with Gasteiger partial charge in [-0.15, -0.1) is 0 Å². The number of aliphatic hydroxyl groups excluding tert-OH is 1. The summed E-state index contributed by atoms with van der Waals surface area (Å²) in [5, 5.41) is 9.86. The maximum atomic E-state index is 12.9. The lowest BCUT2D eigenvalue weighted by Crippen LogP contribution is -2.40. The van der Waals surface area contributed by atoms with E-state index in [0.29, 0.717) is 25.4 Å². The molecule has 6 nitrogen and oxygen atoms in total. The third-order valence-corrected chi connectivity index (χ3v) is 5.75. The predicted octanol–water partition coefficient (Wildman–Crippen LogP) is 2.27. The van der Waals surface area contributed by atoms with Gasteiger partial charge in [-0.25, -0.2) is 0 Å². The maximum Gasteiger partial charge on any atom is 0.260 e. The van der Waals surface area contributed by atoms with Gasteiger partial charge in [-0.05, 0) is 23.6 Å². The van der Waals surface area contributed by atoms with Crippen molar-refractivity contribution in [1.29, 1.82) is 0 Å². The zero-order valence-electron chi connectivity index (χ0n) is 16.8. The van der Waals surface area contributed by atoms with Gasteiger partial charge in [0, 0.05) is 39.2 Å². The van der Waals surface area contributed by atoms with Crippen LogP contribution in [-0.4, -0.2) is 66.8 Å². The number of nitrogens with zero attached hydrogens (tertiary/aromatic N) is 2. The molecule has 2 aromatic rings. The number of likely N-dealkylation sites (tertiary alicyclic amines) is 1. The Hall–Kier alpha value is -2.57. The normalized spacial score (nSPS) is 19.4. The molecule has 29 heavy (non-hydrogen) atoms. The summed E-state index contributed by atoms with van der Waals surface area (Å²) < 4.78 is 11.3. The van der Waals surface area contributed by atoms with Crippen LogP contribution in [0.3, 0.4) is 0 Å². The van der Waals surface area contributed by atoms with Crippen molar-refractivity contribution in [2.75, 3.05) is 39.9 Å². The Labute approximate surface area is 171 Å². The zero-order valence-corrected chi connectivity index (χ0v) is 16.8. The third-order valence-electron chi connectivity index (χ3n) is 5.75. The van der Waals surface area contributed by atoms with Gasteiger partial charge in [-0.3, -0.25) is 9.69 Å². The molecule has 2 aliphatic rings. The lowest BCUT2D eigenvalue weighted by Gasteiger charge is -2.32. The minimum Gasteiger partial charge on any atom is -0.493 e. The molecule has 2 unspecified atom stereocenters. The van der Waals surface area contributed by atoms with Gasteiger partial charge >= 0.3 is 0 Å². The van der Waals surface area contributed by atoms with Gasteiger partial charge in [0.15, 0.2) is 6.61 Å². The standard InChI is InChI=1S/C23H28N2O4/c1-24(23(27)16-29-20-8-7-18-10-12-28-22(18)13-20)21(17-5-3-2-4-6-17)15-25-11-9-19(26)14-25/h2-8,13,19,21,26H,9-12,14-16H2,1H3. The largest absolute Gasteiger partial charge is 0.493 e. The lowest BCUT2D eigenvalue weighted by molar-refractivity contribution is -0.134. The van der Waals surface area contributed by atoms with Crippen LogP contribution in [0.4, 0.5) is 0 Å². The summed E-state index contributed by atoms with van der Waals surface area (Å²) in [7, 11) is 1.82. The molecule has 2 heterocycles. The highest BCUT2D eigenvalue weighted by Gasteiger charge is 2.28. The molecular formula is C23H28N2O4. The first-order valence-electron chi connectivity index (χ1n) is 10.2. The smallest absolute Gasteiger partial charge is 0.260 e. The number of aliphatic hydroxyl groups is 1. The second kappa shape index (κ2) is 8.84. The molecule has 1 fully saturated rings. The summed E-state index contributed by atoms with van der Waals surface area (Å²) in [6.07, 6.45) is 1.42. The second-order valence-electron chi connectivity index (χ2n) is 7.79. The number of hydrogen-bond acceptors (Lipinski definition) is 5. The van der Waals surface area contributed by atoms with Crippen LogP contribution in [0, 0.1) is 0 Å². The number of β-amino-alcohol motifs (C(OH)–C–C–N with tert-alkyl or cyclic N) is 1. The first kappa shape index (κ1) is 19.7. The Balaban J connectivity index is 1.42. The molecule has 2 aromatic carbocycles. The number of benzene rings is 2. The summed E-state index contributed by atoms with van der Waals surface area (Å²) in [6.45, 7) is 2.86. The van der Waals surface area contributed by atoms with E-state index in [1.807, 2.05) is 55.6 Å². The van der Waals surface area contributed by atoms with Gasteiger partial charge in [0.2, 0.25) is 0 Å². The van der Waals surface area contributed by atoms with E-state index in [0.717, 1.165) is 30.7 Å². The molecule has 2 atom stereocenters. The van der Waals surface area contributed by atoms with E-state index in [1.165, 1.54) is 5.56 Å². The van der Waals surface area contributed by atoms with Crippen molar-refractivity contribution in [3.05, 3.63) is 59.7 Å². The van der Waals surface area contributed by atoms with E-state index in [1.54, 1.807) is 4.90 Å². The molecule has 0 aliphatic carbocycles. The molecule has 2 aliphatic heterocycles. The van der Waals surface area contributed by atoms with Crippen molar-refractivity contribution in [3.63, 3.8) is 0 Å². The summed E-state index contributed by atoms with van der Waals surface area (Å²) in [6, 6.07) is 15.7. The molecule has 154 valence electrons. The van der Waals surface area contributed by atoms with E-state index in [2.05, 4.69) is 4.90 Å². The van der Waals surface area contributed by atoms with E-state index in [9.17, 15) is 9.90 Å². The molecule has 0 spiro atoms. The molecule has 6 heteroatoms. The molecular weight excluding hydrogens is 368 g/mol. The molecule has 1 N–H and O–H groups in total. The number of ether oxygens (including phenoxy) is 2. The summed E-state index contributed by atoms with van der Waals surface area (Å²) in [4.78, 5) is 16.9. The molecule has 1 amide bonds. The van der Waals surface area contributed by atoms with E-state index >= 15 is 0 Å². The Morgan fingerprint density at radius 1 is 1.31 bits per heavy atom. The van der Waals surface area contributed by atoms with Gasteiger partial charge in [-0.2, -0.15) is 0 Å². The quantitative estimate of drug-likeness (QED) is 0.778. The zero-order chi connectivity index (χ0) is 20.2. The molecule has 0 saturated carbocycles. The van der Waals surface area contributed by atoms with Crippen LogP contribution in [0.15, 0.2) is 48.5 Å². The SMILES string of the molecule is CN(C(=O)COc1ccc2c(c1)OCC2)C(CN1CCC(O)C1)c1ccccc1. The van der Waals surface area contributed by atoms with E-state index in [4.69, 9.17) is 9.47 Å². The average molecular weight is 396 g/mol. The van der Waals surface area contributed by atoms with Gasteiger partial charge in [0.25, 0.3) is 5.91 Å². The third kappa shape index (κ3) is 4.71. The number of carbonyl (C=O) groups excluding carboxylic acids is 1. The highest BCUT2D eigenvalue weighted by atomic mass is 16.5. The van der Waals surface area contributed by atoms with Crippen LogP contribution in [0.25, 0.3) is 0 Å². The first-order valence-corrected chi connectivity index (χ1v) is 10.2. The number of amides is 1. The van der Waals surface area contributed by atoms with Crippen molar-refractivity contribution in [1.82, 2.24) is 9.80 Å². The van der Waals surface area contributed by atoms with Crippen molar-refractivity contribution < 1.29 is 19.4 Å². The topological polar surface area (TPSA) is 62.2 Å². The fourth-order valence-corrected chi connectivity index (χ4v) is 4.01. The minimum absolute atomic E-state index is 0.0265. The first-order chi connectivity index (χ1) is 14.1. The van der Waals surface area contributed by atoms with Gasteiger partial charge in [0.1, 0.15) is 11.5 Å². The highest BCUT2D eigenvalue weighted by molar-refractivity contribution is 5.78. The fraction of sp³-hybridized carbons (Fsp3) is 0.435. The van der Waals surface area contributed by atoms with Crippen LogP contribution in [0.2, 0.25) is 0 Å².